The molecule has 8 heteroatoms. The number of fused-ring (bicyclic) bond motifs is 1. The van der Waals surface area contributed by atoms with Crippen LogP contribution in [0.4, 0.5) is 11.6 Å². The van der Waals surface area contributed by atoms with Gasteiger partial charge in [0.25, 0.3) is 0 Å². The molecule has 2 N–H and O–H groups in total. The number of nitrogens with zero attached hydrogens (tertiary/aromatic N) is 5. The van der Waals surface area contributed by atoms with Crippen LogP contribution in [0.1, 0.15) is 81.8 Å². The zero-order valence-electron chi connectivity index (χ0n) is 19.5. The molecule has 1 aliphatic carbocycles. The summed E-state index contributed by atoms with van der Waals surface area (Å²) in [6, 6.07) is 0. The zero-order valence-corrected chi connectivity index (χ0v) is 19.5. The molecule has 5 rings (SSSR count). The summed E-state index contributed by atoms with van der Waals surface area (Å²) >= 11 is 0. The van der Waals surface area contributed by atoms with Crippen molar-refractivity contribution in [3.63, 3.8) is 0 Å². The molecular weight excluding hydrogens is 402 g/mol. The fraction of sp³-hybridized carbons (Fsp3) is 0.667. The molecule has 172 valence electrons. The van der Waals surface area contributed by atoms with E-state index in [9.17, 15) is 4.79 Å². The Bertz CT molecular complexity index is 981. The topological polar surface area (TPSA) is 88.0 Å². The van der Waals surface area contributed by atoms with E-state index in [0.717, 1.165) is 50.4 Å². The average Bonchev–Trinajstić information content (AvgIpc) is 3.53. The van der Waals surface area contributed by atoms with Gasteiger partial charge in [-0.1, -0.05) is 0 Å². The third kappa shape index (κ3) is 4.65. The minimum Gasteiger partial charge on any atom is -0.356 e. The Kier molecular flexibility index (Phi) is 5.65. The van der Waals surface area contributed by atoms with Crippen LogP contribution in [0, 0.1) is 0 Å². The summed E-state index contributed by atoms with van der Waals surface area (Å²) in [7, 11) is 0. The lowest BCUT2D eigenvalue weighted by atomic mass is 9.95. The number of hydrogen-bond acceptors (Lipinski definition) is 6. The van der Waals surface area contributed by atoms with Crippen LogP contribution in [0.3, 0.4) is 0 Å². The first kappa shape index (κ1) is 21.4. The van der Waals surface area contributed by atoms with Crippen molar-refractivity contribution < 1.29 is 4.79 Å². The molecule has 0 radical (unpaired) electrons. The van der Waals surface area contributed by atoms with Crippen LogP contribution >= 0.6 is 0 Å². The van der Waals surface area contributed by atoms with Gasteiger partial charge in [0.05, 0.1) is 5.69 Å². The van der Waals surface area contributed by atoms with Crippen molar-refractivity contribution in [2.24, 2.45) is 0 Å². The molecule has 32 heavy (non-hydrogen) atoms. The molecule has 2 aromatic rings. The molecule has 0 spiro atoms. The van der Waals surface area contributed by atoms with E-state index in [4.69, 9.17) is 4.98 Å². The summed E-state index contributed by atoms with van der Waals surface area (Å²) in [6.45, 7) is 10.5. The summed E-state index contributed by atoms with van der Waals surface area (Å²) in [4.78, 5) is 28.1. The Morgan fingerprint density at radius 2 is 1.88 bits per heavy atom. The molecule has 1 saturated heterocycles. The molecule has 3 aliphatic rings. The van der Waals surface area contributed by atoms with Gasteiger partial charge in [0, 0.05) is 61.7 Å². The molecule has 8 nitrogen and oxygen atoms in total. The van der Waals surface area contributed by atoms with Crippen LogP contribution in [0.5, 0.6) is 0 Å². The highest BCUT2D eigenvalue weighted by atomic mass is 16.1. The van der Waals surface area contributed by atoms with E-state index < -0.39 is 0 Å². The van der Waals surface area contributed by atoms with E-state index >= 15 is 0 Å². The van der Waals surface area contributed by atoms with E-state index in [-0.39, 0.29) is 11.4 Å². The third-order valence-electron chi connectivity index (χ3n) is 6.77. The quantitative estimate of drug-likeness (QED) is 0.722. The van der Waals surface area contributed by atoms with Gasteiger partial charge in [0.15, 0.2) is 0 Å². The Labute approximate surface area is 190 Å². The van der Waals surface area contributed by atoms with E-state index in [1.54, 1.807) is 6.33 Å². The second-order valence-electron chi connectivity index (χ2n) is 10.5. The lowest BCUT2D eigenvalue weighted by Gasteiger charge is -2.34. The summed E-state index contributed by atoms with van der Waals surface area (Å²) in [5, 5.41) is 6.51. The van der Waals surface area contributed by atoms with Gasteiger partial charge >= 0.3 is 0 Å². The first-order valence-corrected chi connectivity index (χ1v) is 12.1. The molecule has 1 saturated carbocycles. The maximum absolute atomic E-state index is 11.7. The van der Waals surface area contributed by atoms with Gasteiger partial charge in [-0.25, -0.2) is 15.0 Å². The SMILES string of the molecule is CC(C)(C)NCCn1cc(C2CC2)nc1C1CCN(c2ncnc3c2CCC(=O)N3)CC1. The lowest BCUT2D eigenvalue weighted by Crippen LogP contribution is -2.38. The smallest absolute Gasteiger partial charge is 0.225 e. The highest BCUT2D eigenvalue weighted by molar-refractivity contribution is 5.93. The molecule has 2 fully saturated rings. The molecular formula is C24H35N7O. The van der Waals surface area contributed by atoms with Gasteiger partial charge in [-0.05, 0) is 52.9 Å². The molecule has 0 aromatic carbocycles. The van der Waals surface area contributed by atoms with Crippen LogP contribution in [0.2, 0.25) is 0 Å². The number of piperidine rings is 1. The molecule has 0 unspecified atom stereocenters. The molecule has 4 heterocycles. The number of anilines is 2. The van der Waals surface area contributed by atoms with Crippen molar-refractivity contribution in [2.45, 2.75) is 83.2 Å². The number of rotatable bonds is 6. The van der Waals surface area contributed by atoms with Crippen molar-refractivity contribution >= 4 is 17.5 Å². The Hall–Kier alpha value is -2.48. The van der Waals surface area contributed by atoms with Gasteiger partial charge < -0.3 is 20.1 Å². The van der Waals surface area contributed by atoms with Crippen LogP contribution < -0.4 is 15.5 Å². The summed E-state index contributed by atoms with van der Waals surface area (Å²) < 4.78 is 2.41. The number of aromatic nitrogens is 4. The second kappa shape index (κ2) is 8.46. The van der Waals surface area contributed by atoms with Crippen molar-refractivity contribution in [1.29, 1.82) is 0 Å². The molecule has 0 atom stereocenters. The van der Waals surface area contributed by atoms with E-state index in [1.165, 1.54) is 24.4 Å². The molecule has 2 aliphatic heterocycles. The second-order valence-corrected chi connectivity index (χ2v) is 10.5. The Balaban J connectivity index is 1.28. The predicted molar refractivity (Wildman–Crippen MR) is 125 cm³/mol. The Morgan fingerprint density at radius 1 is 1.09 bits per heavy atom. The molecule has 2 aromatic heterocycles. The van der Waals surface area contributed by atoms with Gasteiger partial charge in [-0.3, -0.25) is 4.79 Å². The zero-order chi connectivity index (χ0) is 22.3. The Morgan fingerprint density at radius 3 is 2.59 bits per heavy atom. The van der Waals surface area contributed by atoms with Crippen LogP contribution in [-0.2, 0) is 17.8 Å². The van der Waals surface area contributed by atoms with Crippen LogP contribution in [0.25, 0.3) is 0 Å². The summed E-state index contributed by atoms with van der Waals surface area (Å²) in [5.41, 5.74) is 2.50. The number of imidazole rings is 1. The van der Waals surface area contributed by atoms with Crippen molar-refractivity contribution in [3.8, 4) is 0 Å². The highest BCUT2D eigenvalue weighted by Gasteiger charge is 2.32. The third-order valence-corrected chi connectivity index (χ3v) is 6.77. The van der Waals surface area contributed by atoms with Gasteiger partial charge in [-0.2, -0.15) is 0 Å². The first-order chi connectivity index (χ1) is 15.4. The number of amides is 1. The van der Waals surface area contributed by atoms with Gasteiger partial charge in [-0.15, -0.1) is 0 Å². The predicted octanol–water partition coefficient (Wildman–Crippen LogP) is 3.21. The molecule has 0 bridgehead atoms. The highest BCUT2D eigenvalue weighted by Crippen LogP contribution is 2.41. The minimum atomic E-state index is 0.0418. The monoisotopic (exact) mass is 437 g/mol. The van der Waals surface area contributed by atoms with E-state index in [2.05, 4.69) is 57.0 Å². The minimum absolute atomic E-state index is 0.0418. The summed E-state index contributed by atoms with van der Waals surface area (Å²) in [6.07, 6.45) is 9.81. The van der Waals surface area contributed by atoms with Crippen molar-refractivity contribution in [1.82, 2.24) is 24.8 Å². The fourth-order valence-electron chi connectivity index (χ4n) is 4.88. The maximum atomic E-state index is 11.7. The average molecular weight is 438 g/mol. The standard InChI is InChI=1S/C24H35N7O/c1-24(2,3)27-10-13-31-14-19(16-4-5-16)28-22(31)17-8-11-30(12-9-17)23-18-6-7-20(32)29-21(18)25-15-26-23/h14-17,27H,4-13H2,1-3H3,(H,25,26,29,32). The van der Waals surface area contributed by atoms with Crippen molar-refractivity contribution in [2.75, 3.05) is 29.9 Å². The first-order valence-electron chi connectivity index (χ1n) is 12.1. The number of carbonyl (C=O) groups excluding carboxylic acids is 1. The van der Waals surface area contributed by atoms with Gasteiger partial charge in [0.2, 0.25) is 5.91 Å². The fourth-order valence-corrected chi connectivity index (χ4v) is 4.88. The van der Waals surface area contributed by atoms with Gasteiger partial charge in [0.1, 0.15) is 23.8 Å². The van der Waals surface area contributed by atoms with E-state index in [0.29, 0.717) is 30.5 Å². The number of hydrogen-bond donors (Lipinski definition) is 2. The number of carbonyl (C=O) groups is 1. The maximum Gasteiger partial charge on any atom is 0.225 e. The largest absolute Gasteiger partial charge is 0.356 e. The normalized spacial score (nSPS) is 19.7. The number of nitrogens with one attached hydrogen (secondary N) is 2. The van der Waals surface area contributed by atoms with Crippen molar-refractivity contribution in [3.05, 3.63) is 29.6 Å². The summed E-state index contributed by atoms with van der Waals surface area (Å²) in [5.74, 6) is 4.13. The van der Waals surface area contributed by atoms with Crippen LogP contribution in [0.15, 0.2) is 12.5 Å². The lowest BCUT2D eigenvalue weighted by molar-refractivity contribution is -0.116. The van der Waals surface area contributed by atoms with E-state index in [1.807, 2.05) is 0 Å². The van der Waals surface area contributed by atoms with Crippen LogP contribution in [-0.4, -0.2) is 50.6 Å². The molecule has 1 amide bonds.